The number of amides is 1. The second-order valence-corrected chi connectivity index (χ2v) is 10.9. The largest absolute Gasteiger partial charge is 0.416 e. The summed E-state index contributed by atoms with van der Waals surface area (Å²) >= 11 is 1.52. The van der Waals surface area contributed by atoms with Crippen molar-refractivity contribution in [3.8, 4) is 0 Å². The fourth-order valence-electron chi connectivity index (χ4n) is 4.91. The fraction of sp³-hybridized carbons (Fsp3) is 0.414. The summed E-state index contributed by atoms with van der Waals surface area (Å²) in [6, 6.07) is 13.2. The molecule has 0 atom stereocenters. The number of carbonyl (C=O) groups excluding carboxylic acids is 1. The summed E-state index contributed by atoms with van der Waals surface area (Å²) in [6.07, 6.45) is -4.36. The Hall–Kier alpha value is -3.31. The van der Waals surface area contributed by atoms with Crippen molar-refractivity contribution >= 4 is 29.2 Å². The van der Waals surface area contributed by atoms with Crippen LogP contribution in [0.3, 0.4) is 0 Å². The lowest BCUT2D eigenvalue weighted by Crippen LogP contribution is -2.47. The number of hydrogen-bond acceptors (Lipinski definition) is 7. The Morgan fingerprint density at radius 3 is 2.35 bits per heavy atom. The normalized spacial score (nSPS) is 16.4. The zero-order chi connectivity index (χ0) is 28.3. The van der Waals surface area contributed by atoms with Crippen molar-refractivity contribution in [2.24, 2.45) is 0 Å². The van der Waals surface area contributed by atoms with Gasteiger partial charge < -0.3 is 19.4 Å². The first kappa shape index (κ1) is 28.2. The van der Waals surface area contributed by atoms with Crippen LogP contribution >= 0.6 is 11.8 Å². The Morgan fingerprint density at radius 2 is 1.62 bits per heavy atom. The van der Waals surface area contributed by atoms with E-state index in [2.05, 4.69) is 9.88 Å². The third-order valence-electron chi connectivity index (χ3n) is 7.30. The molecule has 11 heteroatoms. The molecular weight excluding hydrogens is 539 g/mol. The molecule has 0 saturated carbocycles. The predicted molar refractivity (Wildman–Crippen MR) is 150 cm³/mol. The number of piperazine rings is 1. The van der Waals surface area contributed by atoms with Gasteiger partial charge >= 0.3 is 6.18 Å². The maximum Gasteiger partial charge on any atom is 0.416 e. The van der Waals surface area contributed by atoms with Gasteiger partial charge in [0.1, 0.15) is 5.82 Å². The number of carbonyl (C=O) groups is 1. The van der Waals surface area contributed by atoms with E-state index >= 15 is 0 Å². The van der Waals surface area contributed by atoms with Crippen LogP contribution < -0.4 is 9.80 Å². The van der Waals surface area contributed by atoms with Gasteiger partial charge in [0.05, 0.1) is 18.8 Å². The van der Waals surface area contributed by atoms with Crippen molar-refractivity contribution in [1.29, 1.82) is 0 Å². The van der Waals surface area contributed by atoms with Crippen molar-refractivity contribution in [2.75, 3.05) is 62.3 Å². The maximum atomic E-state index is 13.2. The summed E-state index contributed by atoms with van der Waals surface area (Å²) < 4.78 is 44.9. The molecule has 5 rings (SSSR count). The lowest BCUT2D eigenvalue weighted by molar-refractivity contribution is -0.137. The molecule has 3 aromatic rings. The minimum Gasteiger partial charge on any atom is -0.378 e. The van der Waals surface area contributed by atoms with Crippen LogP contribution in [0, 0.1) is 13.8 Å². The average Bonchev–Trinajstić information content (AvgIpc) is 2.97. The third-order valence-corrected chi connectivity index (χ3v) is 8.22. The Kier molecular flexibility index (Phi) is 8.51. The first-order chi connectivity index (χ1) is 19.2. The fourth-order valence-corrected chi connectivity index (χ4v) is 5.74. The molecule has 2 fully saturated rings. The summed E-state index contributed by atoms with van der Waals surface area (Å²) in [6.45, 7) is 8.77. The number of benzene rings is 2. The van der Waals surface area contributed by atoms with E-state index in [-0.39, 0.29) is 5.91 Å². The van der Waals surface area contributed by atoms with Gasteiger partial charge in [-0.25, -0.2) is 9.97 Å². The Balaban J connectivity index is 1.24. The van der Waals surface area contributed by atoms with Crippen LogP contribution in [0.1, 0.15) is 32.7 Å². The van der Waals surface area contributed by atoms with Crippen LogP contribution in [-0.2, 0) is 16.7 Å². The molecule has 1 aromatic heterocycles. The van der Waals surface area contributed by atoms with Gasteiger partial charge in [-0.2, -0.15) is 13.2 Å². The van der Waals surface area contributed by atoms with Crippen LogP contribution in [-0.4, -0.2) is 73.3 Å². The summed E-state index contributed by atoms with van der Waals surface area (Å²) in [4.78, 5) is 28.4. The lowest BCUT2D eigenvalue weighted by atomic mass is 10.1. The highest BCUT2D eigenvalue weighted by Crippen LogP contribution is 2.33. The van der Waals surface area contributed by atoms with Gasteiger partial charge in [-0.3, -0.25) is 4.79 Å². The van der Waals surface area contributed by atoms with Crippen LogP contribution in [0.15, 0.2) is 53.7 Å². The van der Waals surface area contributed by atoms with Crippen LogP contribution in [0.25, 0.3) is 0 Å². The average molecular weight is 572 g/mol. The Morgan fingerprint density at radius 1 is 0.925 bits per heavy atom. The summed E-state index contributed by atoms with van der Waals surface area (Å²) in [5.41, 5.74) is 3.52. The van der Waals surface area contributed by atoms with Gasteiger partial charge in [0.2, 0.25) is 0 Å². The molecule has 7 nitrogen and oxygen atoms in total. The zero-order valence-electron chi connectivity index (χ0n) is 22.6. The van der Waals surface area contributed by atoms with Crippen molar-refractivity contribution in [2.45, 2.75) is 30.9 Å². The van der Waals surface area contributed by atoms with Crippen LogP contribution in [0.5, 0.6) is 0 Å². The molecule has 0 radical (unpaired) electrons. The number of nitrogens with zero attached hydrogens (tertiary/aromatic N) is 5. The summed E-state index contributed by atoms with van der Waals surface area (Å²) in [5.74, 6) is 1.49. The number of rotatable bonds is 6. The summed E-state index contributed by atoms with van der Waals surface area (Å²) in [5, 5.41) is 0.656. The molecule has 0 spiro atoms. The molecule has 0 aliphatic carbocycles. The first-order valence-electron chi connectivity index (χ1n) is 13.3. The van der Waals surface area contributed by atoms with Crippen molar-refractivity contribution < 1.29 is 22.7 Å². The Labute approximate surface area is 236 Å². The third kappa shape index (κ3) is 6.52. The number of hydrogen-bond donors (Lipinski definition) is 0. The number of thioether (sulfide) groups is 1. The molecule has 2 aliphatic rings. The standard InChI is InChI=1S/C29H32F3N5O2S/c1-20-21(2)33-28(40-19-22-5-3-6-23(17-22)27(38)37-13-15-39-16-14-37)34-26(20)36-11-9-35(10-12-36)25-8-4-7-24(18-25)29(30,31)32/h3-8,17-18H,9-16,19H2,1-2H3. The number of alkyl halides is 3. The molecule has 2 aliphatic heterocycles. The maximum absolute atomic E-state index is 13.2. The van der Waals surface area contributed by atoms with Crippen molar-refractivity contribution in [3.63, 3.8) is 0 Å². The molecule has 0 bridgehead atoms. The number of morpholine rings is 1. The van der Waals surface area contributed by atoms with E-state index in [4.69, 9.17) is 9.72 Å². The number of halogens is 3. The number of anilines is 2. The monoisotopic (exact) mass is 571 g/mol. The quantitative estimate of drug-likeness (QED) is 0.298. The highest BCUT2D eigenvalue weighted by molar-refractivity contribution is 7.98. The number of aryl methyl sites for hydroxylation is 1. The molecule has 40 heavy (non-hydrogen) atoms. The number of aromatic nitrogens is 2. The van der Waals surface area contributed by atoms with E-state index in [0.717, 1.165) is 28.7 Å². The van der Waals surface area contributed by atoms with E-state index in [1.54, 1.807) is 6.07 Å². The SMILES string of the molecule is Cc1nc(SCc2cccc(C(=O)N3CCOCC3)c2)nc(N2CCN(c3cccc(C(F)(F)F)c3)CC2)c1C. The first-order valence-corrected chi connectivity index (χ1v) is 14.3. The lowest BCUT2D eigenvalue weighted by Gasteiger charge is -2.37. The van der Waals surface area contributed by atoms with Crippen LogP contribution in [0.4, 0.5) is 24.7 Å². The highest BCUT2D eigenvalue weighted by Gasteiger charge is 2.31. The van der Waals surface area contributed by atoms with E-state index < -0.39 is 11.7 Å². The molecule has 2 aromatic carbocycles. The van der Waals surface area contributed by atoms with Gasteiger partial charge in [-0.05, 0) is 49.7 Å². The molecule has 1 amide bonds. The topological polar surface area (TPSA) is 61.8 Å². The smallest absolute Gasteiger partial charge is 0.378 e. The highest BCUT2D eigenvalue weighted by atomic mass is 32.2. The van der Waals surface area contributed by atoms with Crippen molar-refractivity contribution in [3.05, 3.63) is 76.5 Å². The van der Waals surface area contributed by atoms with E-state index in [0.29, 0.717) is 74.6 Å². The molecule has 0 unspecified atom stereocenters. The number of ether oxygens (including phenoxy) is 1. The molecule has 2 saturated heterocycles. The summed E-state index contributed by atoms with van der Waals surface area (Å²) in [7, 11) is 0. The second-order valence-electron chi connectivity index (χ2n) is 9.96. The molecule has 3 heterocycles. The van der Waals surface area contributed by atoms with Gasteiger partial charge in [0.15, 0.2) is 5.16 Å². The van der Waals surface area contributed by atoms with E-state index in [9.17, 15) is 18.0 Å². The van der Waals surface area contributed by atoms with E-state index in [1.807, 2.05) is 47.9 Å². The van der Waals surface area contributed by atoms with E-state index in [1.165, 1.54) is 23.9 Å². The van der Waals surface area contributed by atoms with Crippen molar-refractivity contribution in [1.82, 2.24) is 14.9 Å². The predicted octanol–water partition coefficient (Wildman–Crippen LogP) is 5.20. The zero-order valence-corrected chi connectivity index (χ0v) is 23.4. The molecule has 0 N–H and O–H groups in total. The van der Waals surface area contributed by atoms with Gasteiger partial charge in [-0.15, -0.1) is 0 Å². The molecular formula is C29H32F3N5O2S. The van der Waals surface area contributed by atoms with Gasteiger partial charge in [-0.1, -0.05) is 30.0 Å². The van der Waals surface area contributed by atoms with Gasteiger partial charge in [0, 0.05) is 67.5 Å². The van der Waals surface area contributed by atoms with Gasteiger partial charge in [0.25, 0.3) is 5.91 Å². The second kappa shape index (κ2) is 12.1. The minimum absolute atomic E-state index is 0.0177. The minimum atomic E-state index is -4.36. The molecule has 212 valence electrons. The van der Waals surface area contributed by atoms with Crippen LogP contribution in [0.2, 0.25) is 0 Å². The Bertz CT molecular complexity index is 1360.